The van der Waals surface area contributed by atoms with E-state index in [2.05, 4.69) is 65.7 Å². The van der Waals surface area contributed by atoms with Crippen LogP contribution in [0.15, 0.2) is 66.9 Å². The molecule has 5 aromatic rings. The molecule has 1 saturated heterocycles. The second kappa shape index (κ2) is 13.9. The fraction of sp³-hybridized carbons (Fsp3) is 0.405. The Hall–Kier alpha value is -4.65. The molecular weight excluding hydrogens is 656 g/mol. The average Bonchev–Trinajstić information content (AvgIpc) is 3.83. The molecule has 3 atom stereocenters. The van der Waals surface area contributed by atoms with Crippen LogP contribution in [0.5, 0.6) is 11.5 Å². The van der Waals surface area contributed by atoms with Crippen LogP contribution < -0.4 is 20.1 Å². The van der Waals surface area contributed by atoms with Gasteiger partial charge in [-0.05, 0) is 74.7 Å². The van der Waals surface area contributed by atoms with Gasteiger partial charge in [-0.2, -0.15) is 5.10 Å². The molecule has 0 bridgehead atoms. The quantitative estimate of drug-likeness (QED) is 0.154. The van der Waals surface area contributed by atoms with E-state index in [1.54, 1.807) is 16.8 Å². The van der Waals surface area contributed by atoms with Gasteiger partial charge in [-0.1, -0.05) is 56.6 Å². The van der Waals surface area contributed by atoms with Crippen LogP contribution in [0.3, 0.4) is 0 Å². The molecule has 262 valence electrons. The van der Waals surface area contributed by atoms with Crippen LogP contribution in [0.1, 0.15) is 87.3 Å². The summed E-state index contributed by atoms with van der Waals surface area (Å²) in [6, 6.07) is 18.8. The number of benzene rings is 2. The summed E-state index contributed by atoms with van der Waals surface area (Å²) in [5.74, 6) is 2.60. The molecule has 2 amide bonds. The van der Waals surface area contributed by atoms with Crippen molar-refractivity contribution in [2.45, 2.75) is 70.1 Å². The maximum Gasteiger partial charge on any atom is 0.320 e. The maximum atomic E-state index is 13.6. The van der Waals surface area contributed by atoms with Crippen molar-refractivity contribution in [3.05, 3.63) is 94.5 Å². The highest BCUT2D eigenvalue weighted by Crippen LogP contribution is 2.39. The number of aliphatic hydroxyl groups excluding tert-OH is 1. The zero-order chi connectivity index (χ0) is 35.0. The number of aromatic nitrogens is 5. The zero-order valence-corrected chi connectivity index (χ0v) is 29.5. The largest absolute Gasteiger partial charge is 0.490 e. The third kappa shape index (κ3) is 6.87. The van der Waals surface area contributed by atoms with E-state index in [-0.39, 0.29) is 42.8 Å². The number of nitrogens with one attached hydrogen (secondary N) is 2. The van der Waals surface area contributed by atoms with Crippen LogP contribution in [-0.4, -0.2) is 67.2 Å². The third-order valence-electron chi connectivity index (χ3n) is 9.47. The number of amides is 2. The summed E-state index contributed by atoms with van der Waals surface area (Å²) in [4.78, 5) is 16.0. The average molecular weight is 699 g/mol. The lowest BCUT2D eigenvalue weighted by atomic mass is 9.85. The van der Waals surface area contributed by atoms with Gasteiger partial charge in [0.2, 0.25) is 0 Å². The summed E-state index contributed by atoms with van der Waals surface area (Å²) in [6.45, 7) is 7.21. The first-order chi connectivity index (χ1) is 24.1. The van der Waals surface area contributed by atoms with Gasteiger partial charge in [0.15, 0.2) is 11.5 Å². The Labute approximate surface area is 296 Å². The zero-order valence-electron chi connectivity index (χ0n) is 28.8. The summed E-state index contributed by atoms with van der Waals surface area (Å²) in [7, 11) is 2.13. The SMILES string of the molecule is CN1CCCC1c1nnc2ccc(O[C@@H]3CC[C@H](NC(=O)Nc4cc(C(C)(C)C)nn4-c4ccc(Cl)c(OCCO)c4)c4ccccc43)cn12. The van der Waals surface area contributed by atoms with Gasteiger partial charge in [0.25, 0.3) is 0 Å². The van der Waals surface area contributed by atoms with E-state index in [0.29, 0.717) is 35.1 Å². The van der Waals surface area contributed by atoms with E-state index in [9.17, 15) is 9.90 Å². The van der Waals surface area contributed by atoms with Crippen molar-refractivity contribution < 1.29 is 19.4 Å². The molecule has 0 spiro atoms. The number of fused-ring (bicyclic) bond motifs is 2. The number of rotatable bonds is 9. The summed E-state index contributed by atoms with van der Waals surface area (Å²) >= 11 is 6.35. The van der Waals surface area contributed by atoms with Gasteiger partial charge in [-0.25, -0.2) is 9.48 Å². The number of pyridine rings is 1. The van der Waals surface area contributed by atoms with Crippen LogP contribution >= 0.6 is 11.6 Å². The number of ether oxygens (including phenoxy) is 2. The Balaban J connectivity index is 1.09. The van der Waals surface area contributed by atoms with E-state index in [1.165, 1.54) is 0 Å². The number of carbonyl (C=O) groups is 1. The summed E-state index contributed by atoms with van der Waals surface area (Å²) in [6.07, 6.45) is 5.43. The maximum absolute atomic E-state index is 13.6. The molecule has 1 aliphatic carbocycles. The van der Waals surface area contributed by atoms with Gasteiger partial charge < -0.3 is 19.9 Å². The highest BCUT2D eigenvalue weighted by Gasteiger charge is 2.31. The second-order valence-corrected chi connectivity index (χ2v) is 14.4. The smallest absolute Gasteiger partial charge is 0.320 e. The van der Waals surface area contributed by atoms with Crippen LogP contribution in [0, 0.1) is 0 Å². The Kier molecular flexibility index (Phi) is 9.42. The molecule has 3 N–H and O–H groups in total. The minimum absolute atomic E-state index is 0.105. The first-order valence-electron chi connectivity index (χ1n) is 17.1. The van der Waals surface area contributed by atoms with Gasteiger partial charge in [0, 0.05) is 17.5 Å². The Bertz CT molecular complexity index is 2000. The lowest BCUT2D eigenvalue weighted by molar-refractivity contribution is 0.171. The molecule has 7 rings (SSSR count). The number of anilines is 1. The highest BCUT2D eigenvalue weighted by molar-refractivity contribution is 6.32. The number of aliphatic hydroxyl groups is 1. The van der Waals surface area contributed by atoms with E-state index < -0.39 is 0 Å². The van der Waals surface area contributed by atoms with Crippen LogP contribution in [0.25, 0.3) is 11.3 Å². The molecule has 1 aliphatic heterocycles. The molecule has 0 saturated carbocycles. The predicted octanol–water partition coefficient (Wildman–Crippen LogP) is 6.78. The molecule has 12 nitrogen and oxygen atoms in total. The molecule has 2 aliphatic rings. The van der Waals surface area contributed by atoms with E-state index >= 15 is 0 Å². The first-order valence-corrected chi connectivity index (χ1v) is 17.5. The lowest BCUT2D eigenvalue weighted by Gasteiger charge is -2.32. The summed E-state index contributed by atoms with van der Waals surface area (Å²) in [5, 5.41) is 29.7. The summed E-state index contributed by atoms with van der Waals surface area (Å²) < 4.78 is 16.0. The van der Waals surface area contributed by atoms with Crippen molar-refractivity contribution in [2.75, 3.05) is 32.1 Å². The van der Waals surface area contributed by atoms with Gasteiger partial charge in [-0.15, -0.1) is 10.2 Å². The highest BCUT2D eigenvalue weighted by atomic mass is 35.5. The van der Waals surface area contributed by atoms with Crippen molar-refractivity contribution in [3.63, 3.8) is 0 Å². The molecule has 2 aromatic carbocycles. The third-order valence-corrected chi connectivity index (χ3v) is 9.78. The Morgan fingerprint density at radius 1 is 1.04 bits per heavy atom. The van der Waals surface area contributed by atoms with E-state index in [4.69, 9.17) is 26.2 Å². The molecule has 50 heavy (non-hydrogen) atoms. The van der Waals surface area contributed by atoms with Crippen LogP contribution in [0.4, 0.5) is 10.6 Å². The van der Waals surface area contributed by atoms with Crippen molar-refractivity contribution in [3.8, 4) is 17.2 Å². The fourth-order valence-electron chi connectivity index (χ4n) is 6.84. The molecule has 1 fully saturated rings. The number of nitrogens with zero attached hydrogens (tertiary/aromatic N) is 6. The topological polar surface area (TPSA) is 131 Å². The van der Waals surface area contributed by atoms with Gasteiger partial charge in [0.05, 0.1) is 41.3 Å². The van der Waals surface area contributed by atoms with Crippen molar-refractivity contribution in [1.29, 1.82) is 0 Å². The van der Waals surface area contributed by atoms with Crippen molar-refractivity contribution in [2.24, 2.45) is 0 Å². The minimum atomic E-state index is -0.348. The van der Waals surface area contributed by atoms with Crippen molar-refractivity contribution >= 4 is 29.1 Å². The Morgan fingerprint density at radius 3 is 2.62 bits per heavy atom. The molecule has 1 unspecified atom stereocenters. The summed E-state index contributed by atoms with van der Waals surface area (Å²) in [5.41, 5.74) is 4.05. The molecular formula is C37H43ClN8O4. The molecule has 0 radical (unpaired) electrons. The number of halogens is 1. The second-order valence-electron chi connectivity index (χ2n) is 14.0. The minimum Gasteiger partial charge on any atom is -0.490 e. The Morgan fingerprint density at radius 2 is 1.86 bits per heavy atom. The number of urea groups is 1. The monoisotopic (exact) mass is 698 g/mol. The molecule has 4 heterocycles. The first kappa shape index (κ1) is 33.8. The number of hydrogen-bond acceptors (Lipinski definition) is 8. The van der Waals surface area contributed by atoms with Gasteiger partial charge in [0.1, 0.15) is 30.0 Å². The predicted molar refractivity (Wildman–Crippen MR) is 191 cm³/mol. The molecule has 3 aromatic heterocycles. The fourth-order valence-corrected chi connectivity index (χ4v) is 7.02. The van der Waals surface area contributed by atoms with Crippen LogP contribution in [-0.2, 0) is 5.41 Å². The normalized spacial score (nSPS) is 19.4. The van der Waals surface area contributed by atoms with Gasteiger partial charge >= 0.3 is 6.03 Å². The number of likely N-dealkylation sites (tertiary alicyclic amines) is 1. The van der Waals surface area contributed by atoms with Crippen molar-refractivity contribution in [1.82, 2.24) is 34.6 Å². The lowest BCUT2D eigenvalue weighted by Crippen LogP contribution is -2.36. The number of carbonyl (C=O) groups excluding carboxylic acids is 1. The molecule has 13 heteroatoms. The standard InChI is InChI=1S/C37H43ClN8O4/c1-37(2,3)32-21-34(46(43-32)23-11-13-27(38)31(20-23)49-19-18-47)40-36(48)39-28-14-15-30(26-9-6-5-8-25(26)28)50-24-12-16-33-41-42-35(45(33)22-24)29-10-7-17-44(29)4/h5-6,8-9,11-13,16,20-22,28-30,47H,7,10,14-15,17-19H2,1-4H3,(H2,39,40,48)/t28-,29?,30+/m0/s1. The van der Waals surface area contributed by atoms with Gasteiger partial charge in [-0.3, -0.25) is 14.6 Å². The van der Waals surface area contributed by atoms with Crippen LogP contribution in [0.2, 0.25) is 5.02 Å². The van der Waals surface area contributed by atoms with E-state index in [1.807, 2.05) is 47.0 Å². The number of hydrogen-bond donors (Lipinski definition) is 3. The van der Waals surface area contributed by atoms with E-state index in [0.717, 1.165) is 53.4 Å².